The molecule has 2 aromatic rings. The van der Waals surface area contributed by atoms with Crippen LogP contribution in [-0.2, 0) is 20.8 Å². The Kier molecular flexibility index (Phi) is 7.32. The second-order valence-corrected chi connectivity index (χ2v) is 12.0. The van der Waals surface area contributed by atoms with Gasteiger partial charge in [-0.15, -0.1) is 0 Å². The molecule has 0 radical (unpaired) electrons. The molecular formula is C25H24F7NO5S. The Balaban J connectivity index is 1.89. The Morgan fingerprint density at radius 2 is 1.82 bits per heavy atom. The Bertz CT molecular complexity index is 1370. The van der Waals surface area contributed by atoms with E-state index in [0.29, 0.717) is 19.1 Å². The van der Waals surface area contributed by atoms with Crippen LogP contribution in [0.4, 0.5) is 42.1 Å². The summed E-state index contributed by atoms with van der Waals surface area (Å²) < 4.78 is 131. The number of rotatable bonds is 8. The maximum Gasteiger partial charge on any atom is 0.420 e. The molecule has 4 rings (SSSR count). The van der Waals surface area contributed by atoms with Crippen LogP contribution in [0.3, 0.4) is 0 Å². The predicted molar refractivity (Wildman–Crippen MR) is 125 cm³/mol. The van der Waals surface area contributed by atoms with Crippen LogP contribution in [0.1, 0.15) is 38.2 Å². The van der Waals surface area contributed by atoms with Gasteiger partial charge in [-0.1, -0.05) is 6.07 Å². The molecule has 39 heavy (non-hydrogen) atoms. The summed E-state index contributed by atoms with van der Waals surface area (Å²) in [6.07, 6.45) is -6.39. The lowest BCUT2D eigenvalue weighted by Gasteiger charge is -2.29. The highest BCUT2D eigenvalue weighted by molar-refractivity contribution is 7.92. The first-order valence-corrected chi connectivity index (χ1v) is 13.4. The highest BCUT2D eigenvalue weighted by Gasteiger charge is 2.52. The number of halogens is 7. The monoisotopic (exact) mass is 583 g/mol. The summed E-state index contributed by atoms with van der Waals surface area (Å²) in [6.45, 7) is -0.773. The molecule has 1 fully saturated rings. The van der Waals surface area contributed by atoms with Crippen molar-refractivity contribution in [3.8, 4) is 5.75 Å². The molecule has 14 heteroatoms. The van der Waals surface area contributed by atoms with Crippen molar-refractivity contribution in [3.05, 3.63) is 47.8 Å². The molecule has 0 saturated heterocycles. The molecule has 1 aliphatic carbocycles. The van der Waals surface area contributed by atoms with Crippen LogP contribution in [-0.4, -0.2) is 44.1 Å². The van der Waals surface area contributed by atoms with E-state index in [2.05, 4.69) is 0 Å². The number of nitrogens with zero attached hydrogens (tertiary/aromatic N) is 1. The Morgan fingerprint density at radius 1 is 1.15 bits per heavy atom. The van der Waals surface area contributed by atoms with E-state index < -0.39 is 98.4 Å². The molecule has 214 valence electrons. The number of benzene rings is 2. The number of anilines is 2. The fourth-order valence-corrected chi connectivity index (χ4v) is 6.16. The normalized spacial score (nSPS) is 22.1. The number of hydrogen-bond donors (Lipinski definition) is 1. The summed E-state index contributed by atoms with van der Waals surface area (Å²) in [4.78, 5) is 11.5. The van der Waals surface area contributed by atoms with E-state index in [4.69, 9.17) is 4.74 Å². The van der Waals surface area contributed by atoms with Gasteiger partial charge in [0.05, 0.1) is 16.1 Å². The molecule has 2 aromatic carbocycles. The van der Waals surface area contributed by atoms with Crippen LogP contribution >= 0.6 is 0 Å². The minimum absolute atomic E-state index is 0.126. The predicted octanol–water partition coefficient (Wildman–Crippen LogP) is 6.36. The Hall–Kier alpha value is -3.03. The van der Waals surface area contributed by atoms with E-state index in [1.165, 1.54) is 12.1 Å². The van der Waals surface area contributed by atoms with E-state index in [1.807, 2.05) is 0 Å². The number of aliphatic carboxylic acids is 1. The second kappa shape index (κ2) is 9.86. The zero-order valence-corrected chi connectivity index (χ0v) is 21.3. The molecule has 0 unspecified atom stereocenters. The van der Waals surface area contributed by atoms with Gasteiger partial charge < -0.3 is 14.7 Å². The van der Waals surface area contributed by atoms with Crippen LogP contribution in [0.5, 0.6) is 5.75 Å². The number of sulfone groups is 1. The summed E-state index contributed by atoms with van der Waals surface area (Å²) in [5, 5.41) is 9.34. The van der Waals surface area contributed by atoms with Gasteiger partial charge in [-0.3, -0.25) is 4.79 Å². The van der Waals surface area contributed by atoms with E-state index in [9.17, 15) is 44.7 Å². The lowest BCUT2D eigenvalue weighted by molar-refractivity contribution is -0.144. The number of ether oxygens (including phenoxy) is 1. The zero-order valence-electron chi connectivity index (χ0n) is 20.4. The smallest absolute Gasteiger partial charge is 0.420 e. The highest BCUT2D eigenvalue weighted by atomic mass is 32.2. The molecular weight excluding hydrogens is 559 g/mol. The molecule has 6 nitrogen and oxygen atoms in total. The number of carboxylic acid groups (broad SMARTS) is 1. The van der Waals surface area contributed by atoms with Gasteiger partial charge in [0.15, 0.2) is 0 Å². The molecule has 1 saturated carbocycles. The first-order chi connectivity index (χ1) is 17.9. The number of fused-ring (bicyclic) bond motifs is 1. The quantitative estimate of drug-likeness (QED) is 0.364. The SMILES string of the molecule is CC(F)(F)CC[C@@H]1CN(c2cccc(F)c2)c2cc(C(F)(F)F)c(OCC3(C(=O)O)CC3)cc2S(=O)(=O)[C@@H]1F. The third-order valence-electron chi connectivity index (χ3n) is 6.93. The average Bonchev–Trinajstić information content (AvgIpc) is 3.62. The van der Waals surface area contributed by atoms with Crippen LogP contribution in [0.15, 0.2) is 41.3 Å². The van der Waals surface area contributed by atoms with Crippen LogP contribution < -0.4 is 9.64 Å². The molecule has 1 N–H and O–H groups in total. The van der Waals surface area contributed by atoms with Crippen LogP contribution in [0, 0.1) is 17.2 Å². The van der Waals surface area contributed by atoms with E-state index in [1.54, 1.807) is 0 Å². The van der Waals surface area contributed by atoms with Crippen molar-refractivity contribution in [2.24, 2.45) is 11.3 Å². The van der Waals surface area contributed by atoms with Crippen molar-refractivity contribution >= 4 is 27.2 Å². The summed E-state index contributed by atoms with van der Waals surface area (Å²) in [7, 11) is -5.08. The van der Waals surface area contributed by atoms with E-state index >= 15 is 4.39 Å². The van der Waals surface area contributed by atoms with Gasteiger partial charge in [0, 0.05) is 30.6 Å². The maximum absolute atomic E-state index is 15.6. The first-order valence-electron chi connectivity index (χ1n) is 11.8. The van der Waals surface area contributed by atoms with Gasteiger partial charge in [0.2, 0.25) is 21.3 Å². The van der Waals surface area contributed by atoms with Gasteiger partial charge >= 0.3 is 12.1 Å². The second-order valence-electron chi connectivity index (χ2n) is 10.0. The third kappa shape index (κ3) is 5.94. The molecule has 0 amide bonds. The zero-order chi connectivity index (χ0) is 29.0. The van der Waals surface area contributed by atoms with Gasteiger partial charge in [0.1, 0.15) is 23.6 Å². The van der Waals surface area contributed by atoms with Gasteiger partial charge in [-0.2, -0.15) is 13.2 Å². The molecule has 0 bridgehead atoms. The van der Waals surface area contributed by atoms with Crippen LogP contribution in [0.25, 0.3) is 0 Å². The number of hydrogen-bond acceptors (Lipinski definition) is 5. The Morgan fingerprint density at radius 3 is 2.36 bits per heavy atom. The van der Waals surface area contributed by atoms with E-state index in [-0.39, 0.29) is 18.5 Å². The van der Waals surface area contributed by atoms with Crippen molar-refractivity contribution in [1.82, 2.24) is 0 Å². The summed E-state index contributed by atoms with van der Waals surface area (Å²) in [5.41, 5.74) is -6.45. The minimum atomic E-state index is -5.12. The molecule has 2 atom stereocenters. The van der Waals surface area contributed by atoms with Crippen molar-refractivity contribution in [2.45, 2.75) is 55.1 Å². The first kappa shape index (κ1) is 29.0. The third-order valence-corrected chi connectivity index (χ3v) is 8.85. The van der Waals surface area contributed by atoms with Crippen molar-refractivity contribution in [2.75, 3.05) is 18.1 Å². The average molecular weight is 584 g/mol. The van der Waals surface area contributed by atoms with Gasteiger partial charge in [0.25, 0.3) is 0 Å². The lowest BCUT2D eigenvalue weighted by Crippen LogP contribution is -2.32. The summed E-state index contributed by atoms with van der Waals surface area (Å²) >= 11 is 0. The fourth-order valence-electron chi connectivity index (χ4n) is 4.46. The number of alkyl halides is 6. The number of carbonyl (C=O) groups is 1. The highest BCUT2D eigenvalue weighted by Crippen LogP contribution is 2.50. The van der Waals surface area contributed by atoms with Crippen LogP contribution in [0.2, 0.25) is 0 Å². The molecule has 2 aliphatic rings. The van der Waals surface area contributed by atoms with Crippen molar-refractivity contribution in [1.29, 1.82) is 0 Å². The largest absolute Gasteiger partial charge is 0.492 e. The fraction of sp³-hybridized carbons (Fsp3) is 0.480. The molecule has 1 heterocycles. The Labute approximate surface area is 219 Å². The topological polar surface area (TPSA) is 83.9 Å². The molecule has 1 aliphatic heterocycles. The standard InChI is InChI=1S/C25H24F7NO5S/c1-23(28,29)6-5-14-12-33(16-4-2-3-15(26)9-16)18-10-17(25(30,31)32)19(11-20(18)39(36,37)21(14)27)38-13-24(7-8-24)22(34)35/h2-4,9-11,14,21H,5-8,12-13H2,1H3,(H,34,35)/t14-,21+/m1/s1. The van der Waals surface area contributed by atoms with Crippen molar-refractivity contribution in [3.63, 3.8) is 0 Å². The summed E-state index contributed by atoms with van der Waals surface area (Å²) in [6, 6.07) is 5.26. The molecule has 0 spiro atoms. The van der Waals surface area contributed by atoms with Gasteiger partial charge in [-0.25, -0.2) is 26.0 Å². The number of carboxylic acids is 1. The molecule has 0 aromatic heterocycles. The van der Waals surface area contributed by atoms with Crippen molar-refractivity contribution < 1.29 is 53.8 Å². The lowest BCUT2D eigenvalue weighted by atomic mass is 10.00. The summed E-state index contributed by atoms with van der Waals surface area (Å²) in [5.74, 6) is -8.04. The van der Waals surface area contributed by atoms with Gasteiger partial charge in [-0.05, 0) is 50.5 Å². The minimum Gasteiger partial charge on any atom is -0.492 e. The van der Waals surface area contributed by atoms with E-state index in [0.717, 1.165) is 17.0 Å². The maximum atomic E-state index is 15.6.